The molecule has 3 aromatic rings. The molecule has 1 N–H and O–H groups in total. The third-order valence-electron chi connectivity index (χ3n) is 5.51. The Morgan fingerprint density at radius 2 is 1.17 bits per heavy atom. The molecule has 0 aliphatic heterocycles. The van der Waals surface area contributed by atoms with E-state index in [4.69, 9.17) is 5.21 Å². The highest BCUT2D eigenvalue weighted by atomic mass is 16.4. The van der Waals surface area contributed by atoms with Gasteiger partial charge in [-0.3, -0.25) is 0 Å². The first-order valence-corrected chi connectivity index (χ1v) is 8.30. The van der Waals surface area contributed by atoms with Gasteiger partial charge in [0.05, 0.1) is 5.71 Å². The van der Waals surface area contributed by atoms with Crippen molar-refractivity contribution in [1.82, 2.24) is 0 Å². The smallest absolute Gasteiger partial charge is 0.0837 e. The van der Waals surface area contributed by atoms with Gasteiger partial charge in [-0.15, -0.1) is 0 Å². The highest BCUT2D eigenvalue weighted by molar-refractivity contribution is 5.98. The molecule has 6 rings (SSSR count). The van der Waals surface area contributed by atoms with Crippen LogP contribution >= 0.6 is 0 Å². The fourth-order valence-corrected chi connectivity index (χ4v) is 4.45. The van der Waals surface area contributed by atoms with Crippen molar-refractivity contribution in [3.63, 3.8) is 0 Å². The molecule has 116 valence electrons. The van der Waals surface area contributed by atoms with E-state index >= 15 is 0 Å². The van der Waals surface area contributed by atoms with Gasteiger partial charge in [-0.25, -0.2) is 0 Å². The molecule has 0 unspecified atom stereocenters. The lowest BCUT2D eigenvalue weighted by atomic mass is 9.61. The first-order valence-electron chi connectivity index (χ1n) is 8.30. The fraction of sp³-hybridized carbons (Fsp3) is 0.136. The van der Waals surface area contributed by atoms with Crippen molar-refractivity contribution in [2.24, 2.45) is 5.16 Å². The zero-order valence-corrected chi connectivity index (χ0v) is 13.4. The first-order chi connectivity index (χ1) is 11.8. The third kappa shape index (κ3) is 1.63. The van der Waals surface area contributed by atoms with Gasteiger partial charge in [0.2, 0.25) is 0 Å². The Bertz CT molecular complexity index is 955. The Labute approximate surface area is 141 Å². The first kappa shape index (κ1) is 13.6. The van der Waals surface area contributed by atoms with E-state index in [1.165, 1.54) is 33.4 Å². The lowest BCUT2D eigenvalue weighted by Crippen LogP contribution is -2.27. The van der Waals surface area contributed by atoms with Crippen molar-refractivity contribution in [2.45, 2.75) is 18.8 Å². The maximum absolute atomic E-state index is 9.13. The summed E-state index contributed by atoms with van der Waals surface area (Å²) in [6, 6.07) is 24.1. The summed E-state index contributed by atoms with van der Waals surface area (Å²) in [6.45, 7) is 1.84. The van der Waals surface area contributed by atoms with E-state index in [1.807, 2.05) is 6.92 Å². The van der Waals surface area contributed by atoms with Gasteiger partial charge in [0.15, 0.2) is 0 Å². The predicted octanol–water partition coefficient (Wildman–Crippen LogP) is 4.87. The molecule has 2 nitrogen and oxygen atoms in total. The van der Waals surface area contributed by atoms with E-state index in [2.05, 4.69) is 71.9 Å². The average molecular weight is 311 g/mol. The van der Waals surface area contributed by atoms with E-state index in [-0.39, 0.29) is 5.92 Å². The summed E-state index contributed by atoms with van der Waals surface area (Å²) < 4.78 is 0. The van der Waals surface area contributed by atoms with E-state index in [1.54, 1.807) is 0 Å². The molecule has 3 aliphatic rings. The van der Waals surface area contributed by atoms with Crippen LogP contribution in [0, 0.1) is 0 Å². The Balaban J connectivity index is 1.83. The van der Waals surface area contributed by atoms with Crippen LogP contribution in [0.4, 0.5) is 0 Å². The molecule has 0 aromatic heterocycles. The van der Waals surface area contributed by atoms with Gasteiger partial charge in [-0.1, -0.05) is 65.8 Å². The Hall–Kier alpha value is -2.87. The van der Waals surface area contributed by atoms with E-state index in [9.17, 15) is 0 Å². The van der Waals surface area contributed by atoms with Crippen LogP contribution in [0.2, 0.25) is 0 Å². The second kappa shape index (κ2) is 4.81. The number of oxime groups is 1. The van der Waals surface area contributed by atoms with Crippen LogP contribution in [0.15, 0.2) is 71.9 Å². The minimum atomic E-state index is 0.267. The summed E-state index contributed by atoms with van der Waals surface area (Å²) in [5.74, 6) is 0.571. The van der Waals surface area contributed by atoms with Crippen LogP contribution < -0.4 is 0 Å². The number of nitrogens with zero attached hydrogens (tertiary/aromatic N) is 1. The van der Waals surface area contributed by atoms with Crippen LogP contribution in [0.5, 0.6) is 0 Å². The molecule has 0 spiro atoms. The summed E-state index contributed by atoms with van der Waals surface area (Å²) in [5, 5.41) is 12.5. The number of benzene rings is 3. The van der Waals surface area contributed by atoms with Crippen molar-refractivity contribution in [3.8, 4) is 0 Å². The van der Waals surface area contributed by atoms with Gasteiger partial charge in [0, 0.05) is 11.8 Å². The zero-order chi connectivity index (χ0) is 16.3. The molecule has 2 bridgehead atoms. The lowest BCUT2D eigenvalue weighted by Gasteiger charge is -2.42. The molecular formula is C22H17NO. The summed E-state index contributed by atoms with van der Waals surface area (Å²) in [5.41, 5.74) is 10.0. The van der Waals surface area contributed by atoms with Crippen LogP contribution in [-0.2, 0) is 0 Å². The van der Waals surface area contributed by atoms with E-state index in [0.717, 1.165) is 5.56 Å². The molecule has 0 radical (unpaired) electrons. The zero-order valence-electron chi connectivity index (χ0n) is 13.4. The Morgan fingerprint density at radius 3 is 1.67 bits per heavy atom. The minimum absolute atomic E-state index is 0.267. The maximum Gasteiger partial charge on any atom is 0.0837 e. The van der Waals surface area contributed by atoms with Gasteiger partial charge in [-0.2, -0.15) is 0 Å². The van der Waals surface area contributed by atoms with Gasteiger partial charge in [0.25, 0.3) is 0 Å². The summed E-state index contributed by atoms with van der Waals surface area (Å²) in [4.78, 5) is 0. The molecule has 2 heteroatoms. The molecule has 0 saturated carbocycles. The van der Waals surface area contributed by atoms with Crippen LogP contribution in [0.1, 0.15) is 57.7 Å². The van der Waals surface area contributed by atoms with Gasteiger partial charge < -0.3 is 5.21 Å². The number of hydrogen-bond acceptors (Lipinski definition) is 2. The molecule has 24 heavy (non-hydrogen) atoms. The predicted molar refractivity (Wildman–Crippen MR) is 95.2 cm³/mol. The van der Waals surface area contributed by atoms with E-state index < -0.39 is 0 Å². The van der Waals surface area contributed by atoms with Crippen LogP contribution in [0.25, 0.3) is 0 Å². The molecular weight excluding hydrogens is 294 g/mol. The topological polar surface area (TPSA) is 32.6 Å². The molecule has 3 aromatic carbocycles. The van der Waals surface area contributed by atoms with Gasteiger partial charge >= 0.3 is 0 Å². The molecule has 0 amide bonds. The number of hydrogen-bond donors (Lipinski definition) is 1. The normalized spacial score (nSPS) is 20.3. The monoisotopic (exact) mass is 311 g/mol. The summed E-state index contributed by atoms with van der Waals surface area (Å²) in [6.07, 6.45) is 0. The lowest BCUT2D eigenvalue weighted by molar-refractivity contribution is 0.319. The van der Waals surface area contributed by atoms with Crippen molar-refractivity contribution in [1.29, 1.82) is 0 Å². The van der Waals surface area contributed by atoms with Crippen LogP contribution in [0.3, 0.4) is 0 Å². The van der Waals surface area contributed by atoms with E-state index in [0.29, 0.717) is 11.6 Å². The van der Waals surface area contributed by atoms with Crippen molar-refractivity contribution < 1.29 is 5.21 Å². The summed E-state index contributed by atoms with van der Waals surface area (Å²) >= 11 is 0. The largest absolute Gasteiger partial charge is 0.411 e. The van der Waals surface area contributed by atoms with Crippen molar-refractivity contribution in [3.05, 3.63) is 106 Å². The standard InChI is InChI=1S/C22H17NO/c1-13(23-24)14-10-11-19-20(12-14)22-17-8-4-2-6-15(17)21(19)16-7-3-5-9-18(16)22/h2-12,21-22,24H,1H3/b23-13+. The van der Waals surface area contributed by atoms with Crippen molar-refractivity contribution in [2.75, 3.05) is 0 Å². The second-order valence-electron chi connectivity index (χ2n) is 6.65. The second-order valence-corrected chi connectivity index (χ2v) is 6.65. The summed E-state index contributed by atoms with van der Waals surface area (Å²) in [7, 11) is 0. The van der Waals surface area contributed by atoms with Gasteiger partial charge in [-0.05, 0) is 51.9 Å². The maximum atomic E-state index is 9.13. The Morgan fingerprint density at radius 1 is 0.708 bits per heavy atom. The quantitative estimate of drug-likeness (QED) is 0.267. The Kier molecular flexibility index (Phi) is 2.72. The molecule has 0 atom stereocenters. The molecule has 0 fully saturated rings. The average Bonchev–Trinajstić information content (AvgIpc) is 2.66. The fourth-order valence-electron chi connectivity index (χ4n) is 4.45. The van der Waals surface area contributed by atoms with Crippen LogP contribution in [-0.4, -0.2) is 10.9 Å². The van der Waals surface area contributed by atoms with Crippen molar-refractivity contribution >= 4 is 5.71 Å². The molecule has 3 aliphatic carbocycles. The highest BCUT2D eigenvalue weighted by Crippen LogP contribution is 2.55. The molecule has 0 saturated heterocycles. The number of rotatable bonds is 1. The van der Waals surface area contributed by atoms with Gasteiger partial charge in [0.1, 0.15) is 0 Å². The highest BCUT2D eigenvalue weighted by Gasteiger charge is 2.40. The SMILES string of the molecule is C/C(=N\O)c1ccc2c(c1)C1c3ccccc3C2c2ccccc21. The third-order valence-corrected chi connectivity index (χ3v) is 5.51. The molecule has 0 heterocycles. The minimum Gasteiger partial charge on any atom is -0.411 e.